The number of hydrogen-bond acceptors (Lipinski definition) is 2. The predicted molar refractivity (Wildman–Crippen MR) is 98.7 cm³/mol. The molecule has 0 bridgehead atoms. The van der Waals surface area contributed by atoms with E-state index in [0.29, 0.717) is 36.5 Å². The smallest absolute Gasteiger partial charge is 0.223 e. The number of amides is 1. The van der Waals surface area contributed by atoms with Crippen LogP contribution in [0.3, 0.4) is 0 Å². The van der Waals surface area contributed by atoms with Crippen LogP contribution in [0.5, 0.6) is 0 Å². The summed E-state index contributed by atoms with van der Waals surface area (Å²) in [5.41, 5.74) is 0.710. The highest BCUT2D eigenvalue weighted by Gasteiger charge is 2.35. The van der Waals surface area contributed by atoms with Gasteiger partial charge in [-0.3, -0.25) is 4.79 Å². The largest absolute Gasteiger partial charge is 0.337 e. The van der Waals surface area contributed by atoms with E-state index in [1.165, 1.54) is 51.0 Å². The number of carbonyl (C=O) groups is 1. The predicted octanol–water partition coefficient (Wildman–Crippen LogP) is 4.41. The van der Waals surface area contributed by atoms with Crippen LogP contribution in [0.1, 0.15) is 69.8 Å². The third-order valence-electron chi connectivity index (χ3n) is 5.77. The fourth-order valence-electron chi connectivity index (χ4n) is 4.39. The van der Waals surface area contributed by atoms with E-state index in [9.17, 15) is 9.18 Å². The molecular weight excluding hydrogens is 315 g/mol. The molecule has 1 saturated heterocycles. The van der Waals surface area contributed by atoms with Crippen LogP contribution >= 0.6 is 0 Å². The average Bonchev–Trinajstić information content (AvgIpc) is 2.94. The highest BCUT2D eigenvalue weighted by Crippen LogP contribution is 2.30. The van der Waals surface area contributed by atoms with E-state index in [-0.39, 0.29) is 5.82 Å². The summed E-state index contributed by atoms with van der Waals surface area (Å²) in [6.45, 7) is 1.38. The molecule has 2 fully saturated rings. The van der Waals surface area contributed by atoms with Crippen molar-refractivity contribution in [2.45, 2.75) is 82.8 Å². The molecule has 2 aliphatic rings. The molecule has 1 aromatic rings. The van der Waals surface area contributed by atoms with Crippen LogP contribution in [0.4, 0.5) is 4.39 Å². The highest BCUT2D eigenvalue weighted by atomic mass is 19.1. The SMILES string of the molecule is O=C1CCC(CCNCc2ccccc2F)N1C1CCCCCCC1. The first-order chi connectivity index (χ1) is 12.3. The first-order valence-electron chi connectivity index (χ1n) is 10.0. The van der Waals surface area contributed by atoms with E-state index in [1.54, 1.807) is 6.07 Å². The molecule has 1 N–H and O–H groups in total. The zero-order valence-electron chi connectivity index (χ0n) is 15.2. The maximum Gasteiger partial charge on any atom is 0.223 e. The molecule has 1 aliphatic carbocycles. The van der Waals surface area contributed by atoms with Gasteiger partial charge in [0.2, 0.25) is 5.91 Å². The minimum Gasteiger partial charge on any atom is -0.337 e. The number of rotatable bonds is 6. The molecule has 4 heteroatoms. The van der Waals surface area contributed by atoms with Crippen molar-refractivity contribution >= 4 is 5.91 Å². The summed E-state index contributed by atoms with van der Waals surface area (Å²) < 4.78 is 13.7. The van der Waals surface area contributed by atoms with E-state index in [2.05, 4.69) is 10.2 Å². The monoisotopic (exact) mass is 346 g/mol. The molecular formula is C21H31FN2O. The zero-order valence-corrected chi connectivity index (χ0v) is 15.2. The van der Waals surface area contributed by atoms with Crippen molar-refractivity contribution < 1.29 is 9.18 Å². The maximum absolute atomic E-state index is 13.7. The number of carbonyl (C=O) groups excluding carboxylic acids is 1. The summed E-state index contributed by atoms with van der Waals surface area (Å²) in [5, 5.41) is 3.35. The number of nitrogens with one attached hydrogen (secondary N) is 1. The van der Waals surface area contributed by atoms with Crippen molar-refractivity contribution in [1.82, 2.24) is 10.2 Å². The van der Waals surface area contributed by atoms with Gasteiger partial charge in [0, 0.05) is 30.6 Å². The van der Waals surface area contributed by atoms with Gasteiger partial charge in [0.1, 0.15) is 5.82 Å². The highest BCUT2D eigenvalue weighted by molar-refractivity contribution is 5.79. The quantitative estimate of drug-likeness (QED) is 0.774. The Morgan fingerprint density at radius 1 is 1.04 bits per heavy atom. The third-order valence-corrected chi connectivity index (χ3v) is 5.77. The minimum absolute atomic E-state index is 0.151. The summed E-state index contributed by atoms with van der Waals surface area (Å²) in [4.78, 5) is 14.7. The molecule has 25 heavy (non-hydrogen) atoms. The fourth-order valence-corrected chi connectivity index (χ4v) is 4.39. The number of hydrogen-bond donors (Lipinski definition) is 1. The van der Waals surface area contributed by atoms with E-state index >= 15 is 0 Å². The van der Waals surface area contributed by atoms with Crippen LogP contribution in [0.2, 0.25) is 0 Å². The Kier molecular flexibility index (Phi) is 6.85. The zero-order chi connectivity index (χ0) is 17.5. The van der Waals surface area contributed by atoms with Gasteiger partial charge in [0.05, 0.1) is 0 Å². The molecule has 3 nitrogen and oxygen atoms in total. The number of halogens is 1. The van der Waals surface area contributed by atoms with Gasteiger partial charge in [-0.1, -0.05) is 50.3 Å². The normalized spacial score (nSPS) is 22.8. The second-order valence-electron chi connectivity index (χ2n) is 7.55. The topological polar surface area (TPSA) is 32.3 Å². The summed E-state index contributed by atoms with van der Waals surface area (Å²) in [6.07, 6.45) is 11.5. The van der Waals surface area contributed by atoms with Gasteiger partial charge in [-0.05, 0) is 38.3 Å². The molecule has 1 aliphatic heterocycles. The molecule has 1 heterocycles. The van der Waals surface area contributed by atoms with Crippen LogP contribution in [0, 0.1) is 5.82 Å². The summed E-state index contributed by atoms with van der Waals surface area (Å²) in [6, 6.07) is 7.73. The van der Waals surface area contributed by atoms with Crippen molar-refractivity contribution in [3.8, 4) is 0 Å². The van der Waals surface area contributed by atoms with Crippen LogP contribution in [-0.2, 0) is 11.3 Å². The third kappa shape index (κ3) is 5.04. The van der Waals surface area contributed by atoms with Gasteiger partial charge >= 0.3 is 0 Å². The van der Waals surface area contributed by atoms with Gasteiger partial charge in [-0.15, -0.1) is 0 Å². The van der Waals surface area contributed by atoms with Crippen molar-refractivity contribution in [1.29, 1.82) is 0 Å². The van der Waals surface area contributed by atoms with E-state index in [1.807, 2.05) is 12.1 Å². The average molecular weight is 346 g/mol. The Morgan fingerprint density at radius 3 is 2.52 bits per heavy atom. The summed E-state index contributed by atoms with van der Waals surface area (Å²) in [7, 11) is 0. The lowest BCUT2D eigenvalue weighted by atomic mass is 9.94. The number of nitrogens with zero attached hydrogens (tertiary/aromatic N) is 1. The van der Waals surface area contributed by atoms with E-state index in [4.69, 9.17) is 0 Å². The van der Waals surface area contributed by atoms with E-state index in [0.717, 1.165) is 19.4 Å². The van der Waals surface area contributed by atoms with Crippen molar-refractivity contribution in [2.75, 3.05) is 6.54 Å². The Morgan fingerprint density at radius 2 is 1.76 bits per heavy atom. The van der Waals surface area contributed by atoms with Gasteiger partial charge in [-0.2, -0.15) is 0 Å². The van der Waals surface area contributed by atoms with Crippen LogP contribution < -0.4 is 5.32 Å². The van der Waals surface area contributed by atoms with Gasteiger partial charge in [0.15, 0.2) is 0 Å². The first kappa shape index (κ1) is 18.4. The second-order valence-corrected chi connectivity index (χ2v) is 7.55. The Balaban J connectivity index is 1.48. The molecule has 138 valence electrons. The molecule has 0 aromatic heterocycles. The Bertz CT molecular complexity index is 555. The number of benzene rings is 1. The van der Waals surface area contributed by atoms with Gasteiger partial charge < -0.3 is 10.2 Å². The van der Waals surface area contributed by atoms with Crippen molar-refractivity contribution in [3.63, 3.8) is 0 Å². The molecule has 1 unspecified atom stereocenters. The van der Waals surface area contributed by atoms with Crippen LogP contribution in [0.15, 0.2) is 24.3 Å². The lowest BCUT2D eigenvalue weighted by Gasteiger charge is -2.34. The lowest BCUT2D eigenvalue weighted by molar-refractivity contribution is -0.131. The van der Waals surface area contributed by atoms with Crippen molar-refractivity contribution in [2.24, 2.45) is 0 Å². The van der Waals surface area contributed by atoms with Crippen LogP contribution in [0.25, 0.3) is 0 Å². The standard InChI is InChI=1S/C21H31FN2O/c22-20-11-7-6-8-17(20)16-23-15-14-19-12-13-21(25)24(19)18-9-4-2-1-3-5-10-18/h6-8,11,18-19,23H,1-5,9-10,12-16H2. The van der Waals surface area contributed by atoms with Gasteiger partial charge in [0.25, 0.3) is 0 Å². The van der Waals surface area contributed by atoms with Crippen LogP contribution in [-0.4, -0.2) is 29.4 Å². The number of likely N-dealkylation sites (tertiary alicyclic amines) is 1. The Labute approximate surface area is 151 Å². The molecule has 1 aromatic carbocycles. The second kappa shape index (κ2) is 9.33. The molecule has 1 atom stereocenters. The summed E-state index contributed by atoms with van der Waals surface area (Å²) >= 11 is 0. The maximum atomic E-state index is 13.7. The first-order valence-corrected chi connectivity index (χ1v) is 10.0. The molecule has 1 amide bonds. The lowest BCUT2D eigenvalue weighted by Crippen LogP contribution is -2.43. The fraction of sp³-hybridized carbons (Fsp3) is 0.667. The van der Waals surface area contributed by atoms with Gasteiger partial charge in [-0.25, -0.2) is 4.39 Å². The summed E-state index contributed by atoms with van der Waals surface area (Å²) in [5.74, 6) is 0.201. The van der Waals surface area contributed by atoms with E-state index < -0.39 is 0 Å². The molecule has 1 saturated carbocycles. The Hall–Kier alpha value is -1.42. The molecule has 3 rings (SSSR count). The minimum atomic E-state index is -0.151. The van der Waals surface area contributed by atoms with Crippen molar-refractivity contribution in [3.05, 3.63) is 35.6 Å². The molecule has 0 spiro atoms. The molecule has 0 radical (unpaired) electrons.